The molecule has 1 fully saturated rings. The van der Waals surface area contributed by atoms with Crippen molar-refractivity contribution in [3.63, 3.8) is 0 Å². The molecule has 1 aromatic rings. The van der Waals surface area contributed by atoms with Crippen LogP contribution < -0.4 is 5.32 Å². The molecule has 0 aliphatic heterocycles. The van der Waals surface area contributed by atoms with Gasteiger partial charge in [0.2, 0.25) is 0 Å². The number of nitrogens with zero attached hydrogens (tertiary/aromatic N) is 1. The number of benzene rings is 1. The predicted octanol–water partition coefficient (Wildman–Crippen LogP) is 3.49. The first-order valence-corrected chi connectivity index (χ1v) is 7.21. The van der Waals surface area contributed by atoms with Gasteiger partial charge in [-0.3, -0.25) is 10.1 Å². The Kier molecular flexibility index (Phi) is 4.45. The van der Waals surface area contributed by atoms with Gasteiger partial charge in [-0.1, -0.05) is 25.7 Å². The molecule has 2 rings (SSSR count). The van der Waals surface area contributed by atoms with Crippen molar-refractivity contribution >= 4 is 17.3 Å². The summed E-state index contributed by atoms with van der Waals surface area (Å²) in [6, 6.07) is 4.47. The van der Waals surface area contributed by atoms with E-state index in [1.54, 1.807) is 13.0 Å². The van der Waals surface area contributed by atoms with Crippen LogP contribution in [0.2, 0.25) is 0 Å². The number of hydrogen-bond acceptors (Lipinski definition) is 4. The number of nitro benzene ring substituents is 1. The number of nitro groups is 1. The Balaban J connectivity index is 2.28. The molecule has 0 radical (unpaired) electrons. The molecule has 0 heterocycles. The zero-order chi connectivity index (χ0) is 15.5. The Bertz CT molecular complexity index is 549. The van der Waals surface area contributed by atoms with Crippen molar-refractivity contribution in [3.8, 4) is 0 Å². The fraction of sp³-hybridized carbons (Fsp3) is 0.533. The highest BCUT2D eigenvalue weighted by atomic mass is 16.6. The Morgan fingerprint density at radius 1 is 1.29 bits per heavy atom. The van der Waals surface area contributed by atoms with Gasteiger partial charge >= 0.3 is 5.97 Å². The summed E-state index contributed by atoms with van der Waals surface area (Å²) in [4.78, 5) is 22.1. The number of aryl methyl sites for hydroxylation is 1. The Morgan fingerprint density at radius 2 is 1.90 bits per heavy atom. The van der Waals surface area contributed by atoms with Crippen molar-refractivity contribution in [1.82, 2.24) is 0 Å². The second-order valence-electron chi connectivity index (χ2n) is 5.68. The highest BCUT2D eigenvalue weighted by Crippen LogP contribution is 2.33. The summed E-state index contributed by atoms with van der Waals surface area (Å²) in [7, 11) is 0. The molecule has 1 saturated carbocycles. The number of aliphatic carboxylic acids is 1. The highest BCUT2D eigenvalue weighted by Gasteiger charge is 2.38. The first-order valence-electron chi connectivity index (χ1n) is 7.21. The number of hydrogen-bond donors (Lipinski definition) is 2. The number of carboxylic acids is 1. The monoisotopic (exact) mass is 292 g/mol. The zero-order valence-electron chi connectivity index (χ0n) is 12.1. The van der Waals surface area contributed by atoms with Crippen LogP contribution in [0.25, 0.3) is 0 Å². The fourth-order valence-electron chi connectivity index (χ4n) is 2.88. The van der Waals surface area contributed by atoms with Crippen molar-refractivity contribution in [2.45, 2.75) is 51.0 Å². The van der Waals surface area contributed by atoms with Crippen molar-refractivity contribution < 1.29 is 14.8 Å². The first kappa shape index (κ1) is 15.3. The number of anilines is 1. The molecule has 0 saturated heterocycles. The van der Waals surface area contributed by atoms with Crippen LogP contribution in [0.5, 0.6) is 0 Å². The summed E-state index contributed by atoms with van der Waals surface area (Å²) < 4.78 is 0. The minimum Gasteiger partial charge on any atom is -0.480 e. The second-order valence-corrected chi connectivity index (χ2v) is 5.68. The standard InChI is InChI=1S/C15H20N2O4/c1-11-10-12(17(20)21)6-7-13(11)16-15(14(18)19)8-4-2-3-5-9-15/h6-7,10,16H,2-5,8-9H2,1H3,(H,18,19). The summed E-state index contributed by atoms with van der Waals surface area (Å²) >= 11 is 0. The Hall–Kier alpha value is -2.11. The van der Waals surface area contributed by atoms with E-state index in [9.17, 15) is 20.0 Å². The third-order valence-corrected chi connectivity index (χ3v) is 4.16. The number of non-ortho nitro benzene ring substituents is 1. The molecule has 2 N–H and O–H groups in total. The largest absolute Gasteiger partial charge is 0.480 e. The van der Waals surface area contributed by atoms with Gasteiger partial charge in [0, 0.05) is 17.8 Å². The van der Waals surface area contributed by atoms with Crippen molar-refractivity contribution in [2.75, 3.05) is 5.32 Å². The van der Waals surface area contributed by atoms with E-state index in [-0.39, 0.29) is 5.69 Å². The van der Waals surface area contributed by atoms with Crippen LogP contribution in [0.4, 0.5) is 11.4 Å². The minimum absolute atomic E-state index is 0.0169. The number of nitrogens with one attached hydrogen (secondary N) is 1. The van der Waals surface area contributed by atoms with E-state index in [2.05, 4.69) is 5.32 Å². The molecule has 0 bridgehead atoms. The van der Waals surface area contributed by atoms with Gasteiger partial charge in [-0.2, -0.15) is 0 Å². The van der Waals surface area contributed by atoms with E-state index < -0.39 is 16.4 Å². The summed E-state index contributed by atoms with van der Waals surface area (Å²) in [5.41, 5.74) is 0.402. The van der Waals surface area contributed by atoms with Gasteiger partial charge in [0.25, 0.3) is 5.69 Å². The molecule has 0 aromatic heterocycles. The molecular formula is C15H20N2O4. The molecule has 114 valence electrons. The van der Waals surface area contributed by atoms with Gasteiger partial charge in [-0.15, -0.1) is 0 Å². The topological polar surface area (TPSA) is 92.5 Å². The third-order valence-electron chi connectivity index (χ3n) is 4.16. The molecule has 6 heteroatoms. The number of carboxylic acid groups (broad SMARTS) is 1. The van der Waals surface area contributed by atoms with Gasteiger partial charge in [0.1, 0.15) is 5.54 Å². The van der Waals surface area contributed by atoms with Crippen LogP contribution in [-0.2, 0) is 4.79 Å². The van der Waals surface area contributed by atoms with E-state index in [1.165, 1.54) is 12.1 Å². The molecular weight excluding hydrogens is 272 g/mol. The summed E-state index contributed by atoms with van der Waals surface area (Å²) in [5.74, 6) is -0.845. The van der Waals surface area contributed by atoms with Crippen molar-refractivity contribution in [2.24, 2.45) is 0 Å². The predicted molar refractivity (Wildman–Crippen MR) is 79.5 cm³/mol. The summed E-state index contributed by atoms with van der Waals surface area (Å²) in [6.07, 6.45) is 5.03. The fourth-order valence-corrected chi connectivity index (χ4v) is 2.88. The molecule has 0 atom stereocenters. The number of carbonyl (C=O) groups is 1. The van der Waals surface area contributed by atoms with Crippen LogP contribution in [0, 0.1) is 17.0 Å². The van der Waals surface area contributed by atoms with Crippen molar-refractivity contribution in [3.05, 3.63) is 33.9 Å². The molecule has 6 nitrogen and oxygen atoms in total. The lowest BCUT2D eigenvalue weighted by molar-refractivity contribution is -0.384. The van der Waals surface area contributed by atoms with Gasteiger partial charge < -0.3 is 10.4 Å². The van der Waals surface area contributed by atoms with Crippen LogP contribution in [0.1, 0.15) is 44.1 Å². The lowest BCUT2D eigenvalue weighted by Crippen LogP contribution is -2.46. The Morgan fingerprint density at radius 3 is 2.38 bits per heavy atom. The molecule has 0 spiro atoms. The van der Waals surface area contributed by atoms with Crippen LogP contribution in [-0.4, -0.2) is 21.5 Å². The molecule has 0 unspecified atom stereocenters. The maximum Gasteiger partial charge on any atom is 0.329 e. The van der Waals surface area contributed by atoms with Crippen molar-refractivity contribution in [1.29, 1.82) is 0 Å². The average Bonchev–Trinajstić information content (AvgIpc) is 2.67. The van der Waals surface area contributed by atoms with E-state index >= 15 is 0 Å². The molecule has 1 aliphatic carbocycles. The van der Waals surface area contributed by atoms with E-state index in [0.717, 1.165) is 25.7 Å². The second kappa shape index (κ2) is 6.11. The minimum atomic E-state index is -0.961. The van der Waals surface area contributed by atoms with Gasteiger partial charge in [-0.05, 0) is 31.4 Å². The number of rotatable bonds is 4. The summed E-state index contributed by atoms with van der Waals surface area (Å²) in [6.45, 7) is 1.75. The van der Waals surface area contributed by atoms with Gasteiger partial charge in [-0.25, -0.2) is 4.79 Å². The SMILES string of the molecule is Cc1cc([N+](=O)[O-])ccc1NC1(C(=O)O)CCCCCC1. The summed E-state index contributed by atoms with van der Waals surface area (Å²) in [5, 5.41) is 23.5. The molecule has 0 amide bonds. The van der Waals surface area contributed by atoms with Gasteiger partial charge in [0.05, 0.1) is 4.92 Å². The Labute approximate surface area is 123 Å². The van der Waals surface area contributed by atoms with Crippen LogP contribution >= 0.6 is 0 Å². The normalized spacial score (nSPS) is 17.8. The third kappa shape index (κ3) is 3.32. The smallest absolute Gasteiger partial charge is 0.329 e. The molecule has 1 aromatic carbocycles. The lowest BCUT2D eigenvalue weighted by atomic mass is 9.89. The van der Waals surface area contributed by atoms with Crippen LogP contribution in [0.3, 0.4) is 0 Å². The zero-order valence-corrected chi connectivity index (χ0v) is 12.1. The lowest BCUT2D eigenvalue weighted by Gasteiger charge is -2.31. The highest BCUT2D eigenvalue weighted by molar-refractivity contribution is 5.83. The van der Waals surface area contributed by atoms with E-state index in [0.29, 0.717) is 24.1 Å². The van der Waals surface area contributed by atoms with Gasteiger partial charge in [0.15, 0.2) is 0 Å². The van der Waals surface area contributed by atoms with Crippen LogP contribution in [0.15, 0.2) is 18.2 Å². The van der Waals surface area contributed by atoms with E-state index in [4.69, 9.17) is 0 Å². The van der Waals surface area contributed by atoms with E-state index in [1.807, 2.05) is 0 Å². The quantitative estimate of drug-likeness (QED) is 0.503. The molecule has 21 heavy (non-hydrogen) atoms. The average molecular weight is 292 g/mol. The first-order chi connectivity index (χ1) is 9.94. The maximum absolute atomic E-state index is 11.7. The maximum atomic E-state index is 11.7. The molecule has 1 aliphatic rings.